The highest BCUT2D eigenvalue weighted by molar-refractivity contribution is 5.46. The molecule has 0 aromatic rings. The van der Waals surface area contributed by atoms with Gasteiger partial charge in [0.1, 0.15) is 6.21 Å². The molecular weight excluding hydrogens is 142 g/mol. The van der Waals surface area contributed by atoms with Crippen molar-refractivity contribution in [3.63, 3.8) is 0 Å². The molecule has 3 nitrogen and oxygen atoms in total. The van der Waals surface area contributed by atoms with Crippen LogP contribution in [0.3, 0.4) is 0 Å². The molecule has 64 valence electrons. The highest BCUT2D eigenvalue weighted by Gasteiger charge is 2.16. The molecule has 0 aromatic heterocycles. The molecule has 0 amide bonds. The molecule has 1 saturated heterocycles. The van der Waals surface area contributed by atoms with Crippen molar-refractivity contribution >= 4 is 6.21 Å². The van der Waals surface area contributed by atoms with E-state index >= 15 is 0 Å². The van der Waals surface area contributed by atoms with Gasteiger partial charge >= 0.3 is 0 Å². The standard InChI is InChI=1S/C8H15NO2/c1-2-9(10)7-8-3-5-11-6-4-8/h2,8H,3-7H2,1H3/b9-2+. The monoisotopic (exact) mass is 157 g/mol. The van der Waals surface area contributed by atoms with Crippen LogP contribution in [0, 0.1) is 11.1 Å². The van der Waals surface area contributed by atoms with Crippen LogP contribution in [0.1, 0.15) is 19.8 Å². The summed E-state index contributed by atoms with van der Waals surface area (Å²) in [4.78, 5) is 0. The van der Waals surface area contributed by atoms with Crippen molar-refractivity contribution in [2.75, 3.05) is 19.8 Å². The number of hydroxylamine groups is 1. The zero-order chi connectivity index (χ0) is 8.10. The van der Waals surface area contributed by atoms with E-state index in [1.54, 1.807) is 13.1 Å². The lowest BCUT2D eigenvalue weighted by Crippen LogP contribution is -2.23. The van der Waals surface area contributed by atoms with Gasteiger partial charge in [0.15, 0.2) is 6.54 Å². The number of hydrogen-bond donors (Lipinski definition) is 0. The molecule has 0 saturated carbocycles. The maximum absolute atomic E-state index is 10.9. The van der Waals surface area contributed by atoms with Gasteiger partial charge in [-0.15, -0.1) is 0 Å². The third kappa shape index (κ3) is 2.89. The molecule has 1 rings (SSSR count). The molecule has 0 unspecified atom stereocenters. The van der Waals surface area contributed by atoms with Crippen molar-refractivity contribution in [1.29, 1.82) is 0 Å². The largest absolute Gasteiger partial charge is 0.624 e. The first-order valence-electron chi connectivity index (χ1n) is 4.14. The van der Waals surface area contributed by atoms with Crippen molar-refractivity contribution in [2.24, 2.45) is 5.92 Å². The van der Waals surface area contributed by atoms with Gasteiger partial charge in [-0.25, -0.2) is 4.74 Å². The Labute approximate surface area is 67.3 Å². The number of hydrogen-bond acceptors (Lipinski definition) is 2. The fourth-order valence-corrected chi connectivity index (χ4v) is 1.29. The summed E-state index contributed by atoms with van der Waals surface area (Å²) in [5.41, 5.74) is 0. The van der Waals surface area contributed by atoms with Gasteiger partial charge in [-0.2, -0.15) is 0 Å². The molecular formula is C8H15NO2. The van der Waals surface area contributed by atoms with Gasteiger partial charge in [-0.3, -0.25) is 0 Å². The lowest BCUT2D eigenvalue weighted by molar-refractivity contribution is -0.463. The van der Waals surface area contributed by atoms with Gasteiger partial charge < -0.3 is 9.94 Å². The molecule has 0 N–H and O–H groups in total. The molecule has 0 aliphatic carbocycles. The van der Waals surface area contributed by atoms with Crippen LogP contribution in [0.4, 0.5) is 0 Å². The molecule has 1 fully saturated rings. The second kappa shape index (κ2) is 4.34. The zero-order valence-electron chi connectivity index (χ0n) is 6.95. The summed E-state index contributed by atoms with van der Waals surface area (Å²) in [6, 6.07) is 0. The number of ether oxygens (including phenoxy) is 1. The topological polar surface area (TPSA) is 35.3 Å². The predicted molar refractivity (Wildman–Crippen MR) is 43.8 cm³/mol. The second-order valence-corrected chi connectivity index (χ2v) is 2.91. The van der Waals surface area contributed by atoms with Crippen molar-refractivity contribution < 1.29 is 9.48 Å². The van der Waals surface area contributed by atoms with Gasteiger partial charge in [0.25, 0.3) is 0 Å². The average Bonchev–Trinajstić information content (AvgIpc) is 2.06. The average molecular weight is 157 g/mol. The van der Waals surface area contributed by atoms with E-state index in [2.05, 4.69) is 0 Å². The number of rotatable bonds is 2. The van der Waals surface area contributed by atoms with E-state index in [0.29, 0.717) is 12.5 Å². The summed E-state index contributed by atoms with van der Waals surface area (Å²) >= 11 is 0. The first kappa shape index (κ1) is 8.53. The molecule has 1 aliphatic rings. The predicted octanol–water partition coefficient (Wildman–Crippen LogP) is 1.01. The van der Waals surface area contributed by atoms with Gasteiger partial charge in [0.2, 0.25) is 0 Å². The van der Waals surface area contributed by atoms with Crippen molar-refractivity contribution in [2.45, 2.75) is 19.8 Å². The summed E-state index contributed by atoms with van der Waals surface area (Å²) in [5, 5.41) is 10.9. The Morgan fingerprint density at radius 2 is 2.18 bits per heavy atom. The molecule has 0 aromatic carbocycles. The molecule has 3 heteroatoms. The molecule has 1 aliphatic heterocycles. The van der Waals surface area contributed by atoms with Gasteiger partial charge in [0, 0.05) is 26.1 Å². The van der Waals surface area contributed by atoms with E-state index in [-0.39, 0.29) is 0 Å². The van der Waals surface area contributed by atoms with Crippen molar-refractivity contribution in [3.05, 3.63) is 5.21 Å². The van der Waals surface area contributed by atoms with Crippen LogP contribution >= 0.6 is 0 Å². The molecule has 0 atom stereocenters. The number of nitrogens with zero attached hydrogens (tertiary/aromatic N) is 1. The highest BCUT2D eigenvalue weighted by atomic mass is 16.5. The van der Waals surface area contributed by atoms with Crippen LogP contribution < -0.4 is 0 Å². The summed E-state index contributed by atoms with van der Waals surface area (Å²) in [6.07, 6.45) is 3.65. The second-order valence-electron chi connectivity index (χ2n) is 2.91. The van der Waals surface area contributed by atoms with E-state index in [1.165, 1.54) is 0 Å². The Morgan fingerprint density at radius 3 is 2.73 bits per heavy atom. The van der Waals surface area contributed by atoms with E-state index < -0.39 is 0 Å². The summed E-state index contributed by atoms with van der Waals surface area (Å²) < 4.78 is 6.19. The van der Waals surface area contributed by atoms with Crippen LogP contribution in [0.2, 0.25) is 0 Å². The summed E-state index contributed by atoms with van der Waals surface area (Å²) in [6.45, 7) is 4.05. The fraction of sp³-hybridized carbons (Fsp3) is 0.875. The highest BCUT2D eigenvalue weighted by Crippen LogP contribution is 2.13. The van der Waals surface area contributed by atoms with Crippen LogP contribution in [-0.2, 0) is 4.74 Å². The van der Waals surface area contributed by atoms with Crippen LogP contribution in [0.25, 0.3) is 0 Å². The lowest BCUT2D eigenvalue weighted by atomic mass is 10.0. The van der Waals surface area contributed by atoms with Crippen LogP contribution in [0.15, 0.2) is 0 Å². The first-order valence-corrected chi connectivity index (χ1v) is 4.14. The fourth-order valence-electron chi connectivity index (χ4n) is 1.29. The molecule has 0 spiro atoms. The Hall–Kier alpha value is -0.570. The maximum atomic E-state index is 10.9. The minimum absolute atomic E-state index is 0.539. The van der Waals surface area contributed by atoms with E-state index in [1.807, 2.05) is 0 Å². The Morgan fingerprint density at radius 1 is 1.55 bits per heavy atom. The van der Waals surface area contributed by atoms with Gasteiger partial charge in [0.05, 0.1) is 0 Å². The van der Waals surface area contributed by atoms with Gasteiger partial charge in [-0.05, 0) is 12.8 Å². The third-order valence-electron chi connectivity index (χ3n) is 2.07. The van der Waals surface area contributed by atoms with Crippen molar-refractivity contribution in [3.8, 4) is 0 Å². The first-order chi connectivity index (χ1) is 5.33. The lowest BCUT2D eigenvalue weighted by Gasteiger charge is -2.20. The minimum atomic E-state index is 0.539. The smallest absolute Gasteiger partial charge is 0.156 e. The Balaban J connectivity index is 2.24. The quantitative estimate of drug-likeness (QED) is 0.259. The third-order valence-corrected chi connectivity index (χ3v) is 2.07. The molecule has 11 heavy (non-hydrogen) atoms. The zero-order valence-corrected chi connectivity index (χ0v) is 6.95. The SMILES string of the molecule is C/C=[N+](/[O-])CC1CCOCC1. The van der Waals surface area contributed by atoms with Crippen molar-refractivity contribution in [1.82, 2.24) is 0 Å². The van der Waals surface area contributed by atoms with E-state index in [0.717, 1.165) is 30.8 Å². The summed E-state index contributed by atoms with van der Waals surface area (Å²) in [7, 11) is 0. The van der Waals surface area contributed by atoms with Crippen LogP contribution in [-0.4, -0.2) is 30.7 Å². The normalized spacial score (nSPS) is 22.1. The summed E-state index contributed by atoms with van der Waals surface area (Å²) in [5.74, 6) is 0.539. The Kier molecular flexibility index (Phi) is 3.36. The molecule has 0 bridgehead atoms. The maximum Gasteiger partial charge on any atom is 0.156 e. The molecule has 0 radical (unpaired) electrons. The van der Waals surface area contributed by atoms with Crippen LogP contribution in [0.5, 0.6) is 0 Å². The van der Waals surface area contributed by atoms with E-state index in [9.17, 15) is 5.21 Å². The minimum Gasteiger partial charge on any atom is -0.624 e. The molecule has 1 heterocycles. The van der Waals surface area contributed by atoms with Gasteiger partial charge in [-0.1, -0.05) is 0 Å². The van der Waals surface area contributed by atoms with E-state index in [4.69, 9.17) is 4.74 Å². The Bertz CT molecular complexity index is 139.